The van der Waals surface area contributed by atoms with Gasteiger partial charge in [-0.05, 0) is 36.4 Å². The Balaban J connectivity index is 2.18. The van der Waals surface area contributed by atoms with Crippen molar-refractivity contribution in [2.75, 3.05) is 0 Å². The lowest BCUT2D eigenvalue weighted by molar-refractivity contribution is -0.355. The number of Topliss-reactive ketones (excluding diaryl/α,β-unsaturated/α-hetero) is 1. The topological polar surface area (TPSA) is 66.9 Å². The fourth-order valence-electron chi connectivity index (χ4n) is 2.16. The third kappa shape index (κ3) is 1.67. The molecule has 0 atom stereocenters. The maximum atomic E-state index is 12.9. The second-order valence-electron chi connectivity index (χ2n) is 4.32. The number of fused-ring (bicyclic) bond motifs is 1. The van der Waals surface area contributed by atoms with E-state index in [0.29, 0.717) is 15.9 Å². The van der Waals surface area contributed by atoms with Crippen molar-refractivity contribution in [3.63, 3.8) is 0 Å². The molecule has 2 aromatic rings. The van der Waals surface area contributed by atoms with Crippen molar-refractivity contribution in [3.8, 4) is 6.07 Å². The summed E-state index contributed by atoms with van der Waals surface area (Å²) < 4.78 is 13.4. The van der Waals surface area contributed by atoms with Crippen LogP contribution in [0.15, 0.2) is 42.5 Å². The molecule has 0 amide bonds. The lowest BCUT2D eigenvalue weighted by Gasteiger charge is -2.02. The van der Waals surface area contributed by atoms with Gasteiger partial charge >= 0.3 is 0 Å². The molecule has 0 N–H and O–H groups in total. The van der Waals surface area contributed by atoms with Gasteiger partial charge in [-0.25, -0.2) is 4.39 Å². The van der Waals surface area contributed by atoms with Crippen LogP contribution in [0.1, 0.15) is 21.5 Å². The van der Waals surface area contributed by atoms with Gasteiger partial charge in [0.05, 0.1) is 17.2 Å². The Kier molecular flexibility index (Phi) is 2.58. The molecule has 1 heterocycles. The number of hydrogen-bond acceptors (Lipinski definition) is 3. The summed E-state index contributed by atoms with van der Waals surface area (Å²) in [5.74, 6) is -0.868. The van der Waals surface area contributed by atoms with Gasteiger partial charge in [-0.2, -0.15) is 10.0 Å². The molecule has 0 bridgehead atoms. The molecule has 1 aliphatic heterocycles. The van der Waals surface area contributed by atoms with Crippen LogP contribution in [0, 0.1) is 22.4 Å². The molecule has 96 valence electrons. The quantitative estimate of drug-likeness (QED) is 0.588. The number of ketones is 1. The number of benzene rings is 2. The average Bonchev–Trinajstić information content (AvgIpc) is 2.72. The lowest BCUT2D eigenvalue weighted by atomic mass is 10.0. The molecule has 0 unspecified atom stereocenters. The third-order valence-corrected chi connectivity index (χ3v) is 3.13. The molecule has 0 saturated carbocycles. The predicted molar refractivity (Wildman–Crippen MR) is 69.3 cm³/mol. The van der Waals surface area contributed by atoms with E-state index in [2.05, 4.69) is 0 Å². The third-order valence-electron chi connectivity index (χ3n) is 3.13. The molecule has 4 nitrogen and oxygen atoms in total. The zero-order chi connectivity index (χ0) is 14.3. The number of nitrogens with zero attached hydrogens (tertiary/aromatic N) is 2. The second-order valence-corrected chi connectivity index (χ2v) is 4.32. The van der Waals surface area contributed by atoms with Gasteiger partial charge in [-0.3, -0.25) is 4.79 Å². The highest BCUT2D eigenvalue weighted by Gasteiger charge is 2.36. The van der Waals surface area contributed by atoms with Crippen LogP contribution in [0.2, 0.25) is 0 Å². The zero-order valence-electron chi connectivity index (χ0n) is 10.1. The number of carbonyl (C=O) groups is 1. The van der Waals surface area contributed by atoms with Crippen LogP contribution in [0.25, 0.3) is 0 Å². The van der Waals surface area contributed by atoms with Gasteiger partial charge in [0, 0.05) is 6.07 Å². The first-order chi connectivity index (χ1) is 9.61. The predicted octanol–water partition coefficient (Wildman–Crippen LogP) is 2.52. The summed E-state index contributed by atoms with van der Waals surface area (Å²) in [5, 5.41) is 21.0. The van der Waals surface area contributed by atoms with Gasteiger partial charge < -0.3 is 5.21 Å². The fraction of sp³-hybridized carbons (Fsp3) is 0. The van der Waals surface area contributed by atoms with Gasteiger partial charge in [-0.15, -0.1) is 0 Å². The number of carbonyl (C=O) groups excluding carboxylic acids is 1. The standard InChI is InChI=1S/C15H7FN2O2/c16-11-4-2-10(3-5-11)14-15(19)12-6-1-9(8-17)7-13(12)18(14)20/h1-7H. The van der Waals surface area contributed by atoms with Crippen LogP contribution >= 0.6 is 0 Å². The molecule has 0 fully saturated rings. The molecule has 5 heteroatoms. The SMILES string of the molecule is N#Cc1ccc2c(c1)[N+]([O-])=C(c1ccc(F)cc1)C2=O. The molecular formula is C15H7FN2O2. The summed E-state index contributed by atoms with van der Waals surface area (Å²) >= 11 is 0. The normalized spacial score (nSPS) is 13.3. The monoisotopic (exact) mass is 266 g/mol. The highest BCUT2D eigenvalue weighted by molar-refractivity contribution is 6.52. The molecule has 0 radical (unpaired) electrons. The van der Waals surface area contributed by atoms with E-state index < -0.39 is 11.6 Å². The van der Waals surface area contributed by atoms with Crippen molar-refractivity contribution in [2.24, 2.45) is 0 Å². The molecule has 2 aromatic carbocycles. The Morgan fingerprint density at radius 3 is 2.50 bits per heavy atom. The van der Waals surface area contributed by atoms with E-state index in [-0.39, 0.29) is 17.0 Å². The molecule has 1 aliphatic rings. The Bertz CT molecular complexity index is 802. The minimum absolute atomic E-state index is 0.0601. The maximum absolute atomic E-state index is 12.9. The van der Waals surface area contributed by atoms with Crippen molar-refractivity contribution in [1.29, 1.82) is 5.26 Å². The number of halogens is 1. The first-order valence-corrected chi connectivity index (χ1v) is 5.81. The van der Waals surface area contributed by atoms with Crippen molar-refractivity contribution in [1.82, 2.24) is 0 Å². The van der Waals surface area contributed by atoms with E-state index >= 15 is 0 Å². The van der Waals surface area contributed by atoms with Crippen LogP contribution in [0.4, 0.5) is 10.1 Å². The molecule has 0 aliphatic carbocycles. The van der Waals surface area contributed by atoms with E-state index in [0.717, 1.165) is 0 Å². The Morgan fingerprint density at radius 1 is 1.15 bits per heavy atom. The van der Waals surface area contributed by atoms with Gasteiger partial charge in [0.25, 0.3) is 11.5 Å². The molecular weight excluding hydrogens is 259 g/mol. The summed E-state index contributed by atoms with van der Waals surface area (Å²) in [6.45, 7) is 0. The van der Waals surface area contributed by atoms with Crippen LogP contribution in [-0.2, 0) is 0 Å². The molecule has 0 spiro atoms. The molecule has 0 saturated heterocycles. The van der Waals surface area contributed by atoms with E-state index in [4.69, 9.17) is 5.26 Å². The smallest absolute Gasteiger partial charge is 0.272 e. The summed E-state index contributed by atoms with van der Waals surface area (Å²) in [4.78, 5) is 12.2. The van der Waals surface area contributed by atoms with E-state index in [1.165, 1.54) is 42.5 Å². The summed E-state index contributed by atoms with van der Waals surface area (Å²) in [7, 11) is 0. The first kappa shape index (κ1) is 12.1. The van der Waals surface area contributed by atoms with Crippen molar-refractivity contribution in [2.45, 2.75) is 0 Å². The van der Waals surface area contributed by atoms with Crippen molar-refractivity contribution >= 4 is 17.2 Å². The zero-order valence-corrected chi connectivity index (χ0v) is 10.1. The van der Waals surface area contributed by atoms with E-state index in [1.54, 1.807) is 0 Å². The summed E-state index contributed by atoms with van der Waals surface area (Å²) in [5.41, 5.74) is 0.987. The number of rotatable bonds is 1. The van der Waals surface area contributed by atoms with Crippen LogP contribution in [0.5, 0.6) is 0 Å². The van der Waals surface area contributed by atoms with Gasteiger partial charge in [0.1, 0.15) is 11.4 Å². The van der Waals surface area contributed by atoms with Crippen molar-refractivity contribution < 1.29 is 13.9 Å². The second kappa shape index (κ2) is 4.28. The first-order valence-electron chi connectivity index (χ1n) is 5.81. The number of hydrogen-bond donors (Lipinski definition) is 0. The van der Waals surface area contributed by atoms with E-state index in [1.807, 2.05) is 6.07 Å². The fourth-order valence-corrected chi connectivity index (χ4v) is 2.16. The van der Waals surface area contributed by atoms with Crippen molar-refractivity contribution in [3.05, 3.63) is 70.2 Å². The Hall–Kier alpha value is -3.00. The summed E-state index contributed by atoms with van der Waals surface area (Å²) in [6, 6.07) is 11.4. The van der Waals surface area contributed by atoms with Gasteiger partial charge in [-0.1, -0.05) is 0 Å². The maximum Gasteiger partial charge on any atom is 0.272 e. The van der Waals surface area contributed by atoms with Gasteiger partial charge in [0.2, 0.25) is 5.69 Å². The Labute approximate surface area is 113 Å². The van der Waals surface area contributed by atoms with Crippen LogP contribution in [0.3, 0.4) is 0 Å². The minimum Gasteiger partial charge on any atom is -0.618 e. The Morgan fingerprint density at radius 2 is 1.85 bits per heavy atom. The van der Waals surface area contributed by atoms with E-state index in [9.17, 15) is 14.4 Å². The highest BCUT2D eigenvalue weighted by atomic mass is 19.1. The minimum atomic E-state index is -0.443. The average molecular weight is 266 g/mol. The molecule has 3 rings (SSSR count). The number of nitriles is 1. The summed E-state index contributed by atoms with van der Waals surface area (Å²) in [6.07, 6.45) is 0. The largest absolute Gasteiger partial charge is 0.618 e. The molecule has 20 heavy (non-hydrogen) atoms. The van der Waals surface area contributed by atoms with Crippen LogP contribution < -0.4 is 0 Å². The lowest BCUT2D eigenvalue weighted by Crippen LogP contribution is -2.16. The molecule has 0 aromatic heterocycles. The van der Waals surface area contributed by atoms with Gasteiger partial charge in [0.15, 0.2) is 0 Å². The van der Waals surface area contributed by atoms with Crippen LogP contribution in [-0.4, -0.2) is 16.2 Å². The highest BCUT2D eigenvalue weighted by Crippen LogP contribution is 2.29.